The largest absolute Gasteiger partial charge is 0.383 e. The molecule has 35 heavy (non-hydrogen) atoms. The van der Waals surface area contributed by atoms with Crippen molar-refractivity contribution in [2.45, 2.75) is 46.2 Å². The number of methoxy groups -OCH3 is 1. The van der Waals surface area contributed by atoms with Crippen molar-refractivity contribution >= 4 is 23.2 Å². The second kappa shape index (κ2) is 12.1. The van der Waals surface area contributed by atoms with Gasteiger partial charge in [-0.05, 0) is 47.7 Å². The van der Waals surface area contributed by atoms with Gasteiger partial charge in [0.05, 0.1) is 13.2 Å². The monoisotopic (exact) mass is 492 g/mol. The molecule has 2 aromatic carbocycles. The molecule has 0 aliphatic carbocycles. The molecule has 0 radical (unpaired) electrons. The number of amides is 2. The van der Waals surface area contributed by atoms with Gasteiger partial charge >= 0.3 is 0 Å². The lowest BCUT2D eigenvalue weighted by molar-refractivity contribution is -0.133. The van der Waals surface area contributed by atoms with Crippen molar-refractivity contribution in [2.24, 2.45) is 0 Å². The lowest BCUT2D eigenvalue weighted by atomic mass is 9.86. The van der Waals surface area contributed by atoms with Crippen LogP contribution in [0.25, 0.3) is 0 Å². The highest BCUT2D eigenvalue weighted by molar-refractivity contribution is 7.11. The van der Waals surface area contributed by atoms with Gasteiger partial charge in [-0.1, -0.05) is 63.2 Å². The Morgan fingerprint density at radius 1 is 0.886 bits per heavy atom. The number of carbonyl (C=O) groups excluding carboxylic acids is 2. The number of hydrogen-bond acceptors (Lipinski definition) is 4. The summed E-state index contributed by atoms with van der Waals surface area (Å²) in [5, 5.41) is 0. The van der Waals surface area contributed by atoms with Crippen LogP contribution in [0.15, 0.2) is 66.7 Å². The van der Waals surface area contributed by atoms with Crippen LogP contribution in [-0.4, -0.2) is 48.4 Å². The maximum absolute atomic E-state index is 13.5. The number of nitrogens with zero attached hydrogens (tertiary/aromatic N) is 2. The SMILES string of the molecule is COCCN(CC(=O)N(Cc1ccccc1)Cc1ccc(C)s1)C(=O)c1ccc(C(C)(C)C)cc1. The molecule has 0 aliphatic heterocycles. The Morgan fingerprint density at radius 3 is 2.14 bits per heavy atom. The van der Waals surface area contributed by atoms with Crippen LogP contribution < -0.4 is 0 Å². The summed E-state index contributed by atoms with van der Waals surface area (Å²) in [7, 11) is 1.60. The molecule has 0 saturated carbocycles. The molecular weight excluding hydrogens is 456 g/mol. The molecule has 0 fully saturated rings. The minimum atomic E-state index is -0.164. The van der Waals surface area contributed by atoms with E-state index in [2.05, 4.69) is 39.8 Å². The van der Waals surface area contributed by atoms with Gasteiger partial charge in [0.25, 0.3) is 5.91 Å². The van der Waals surface area contributed by atoms with Crippen molar-refractivity contribution in [2.75, 3.05) is 26.8 Å². The summed E-state index contributed by atoms with van der Waals surface area (Å²) >= 11 is 1.69. The summed E-state index contributed by atoms with van der Waals surface area (Å²) in [5.74, 6) is -0.252. The number of aryl methyl sites for hydroxylation is 1. The summed E-state index contributed by atoms with van der Waals surface area (Å²) in [5.41, 5.74) is 2.80. The van der Waals surface area contributed by atoms with Crippen molar-refractivity contribution in [3.8, 4) is 0 Å². The normalized spacial score (nSPS) is 11.3. The van der Waals surface area contributed by atoms with Crippen LogP contribution in [0.4, 0.5) is 0 Å². The Hall–Kier alpha value is -2.96. The van der Waals surface area contributed by atoms with Crippen LogP contribution in [0, 0.1) is 6.92 Å². The fourth-order valence-corrected chi connectivity index (χ4v) is 4.71. The van der Waals surface area contributed by atoms with Crippen LogP contribution in [0.3, 0.4) is 0 Å². The molecule has 1 heterocycles. The van der Waals surface area contributed by atoms with E-state index in [1.165, 1.54) is 4.88 Å². The molecular formula is C29H36N2O3S. The lowest BCUT2D eigenvalue weighted by Gasteiger charge is -2.28. The zero-order chi connectivity index (χ0) is 25.4. The Bertz CT molecular complexity index is 1100. The molecule has 0 bridgehead atoms. The topological polar surface area (TPSA) is 49.9 Å². The number of benzene rings is 2. The van der Waals surface area contributed by atoms with Crippen LogP contribution >= 0.6 is 11.3 Å². The molecule has 0 unspecified atom stereocenters. The van der Waals surface area contributed by atoms with E-state index in [1.54, 1.807) is 23.3 Å². The Labute approximate surface area is 213 Å². The fourth-order valence-electron chi connectivity index (χ4n) is 3.81. The fraction of sp³-hybridized carbons (Fsp3) is 0.379. The van der Waals surface area contributed by atoms with E-state index < -0.39 is 0 Å². The summed E-state index contributed by atoms with van der Waals surface area (Å²) in [6.45, 7) is 10.2. The Kier molecular flexibility index (Phi) is 9.24. The van der Waals surface area contributed by atoms with Crippen molar-refractivity contribution in [3.05, 3.63) is 93.2 Å². The van der Waals surface area contributed by atoms with Crippen LogP contribution in [0.1, 0.15) is 52.0 Å². The first kappa shape index (κ1) is 26.6. The van der Waals surface area contributed by atoms with Gasteiger partial charge in [0.2, 0.25) is 5.91 Å². The minimum absolute atomic E-state index is 0.000403. The molecule has 6 heteroatoms. The van der Waals surface area contributed by atoms with Crippen LogP contribution in [0.2, 0.25) is 0 Å². The van der Waals surface area contributed by atoms with E-state index >= 15 is 0 Å². The second-order valence-corrected chi connectivity index (χ2v) is 11.2. The highest BCUT2D eigenvalue weighted by atomic mass is 32.1. The maximum Gasteiger partial charge on any atom is 0.254 e. The van der Waals surface area contributed by atoms with Gasteiger partial charge in [0.15, 0.2) is 0 Å². The number of hydrogen-bond donors (Lipinski definition) is 0. The van der Waals surface area contributed by atoms with Gasteiger partial charge in [-0.2, -0.15) is 0 Å². The molecule has 186 valence electrons. The first-order valence-electron chi connectivity index (χ1n) is 11.9. The van der Waals surface area contributed by atoms with E-state index in [1.807, 2.05) is 59.5 Å². The lowest BCUT2D eigenvalue weighted by Crippen LogP contribution is -2.43. The smallest absolute Gasteiger partial charge is 0.254 e. The highest BCUT2D eigenvalue weighted by Crippen LogP contribution is 2.23. The van der Waals surface area contributed by atoms with Gasteiger partial charge in [-0.15, -0.1) is 11.3 Å². The number of ether oxygens (including phenoxy) is 1. The average Bonchev–Trinajstić information content (AvgIpc) is 3.25. The molecule has 3 rings (SSSR count). The maximum atomic E-state index is 13.5. The van der Waals surface area contributed by atoms with Gasteiger partial charge in [0, 0.05) is 35.5 Å². The van der Waals surface area contributed by atoms with Gasteiger partial charge in [-0.3, -0.25) is 9.59 Å². The van der Waals surface area contributed by atoms with E-state index in [0.29, 0.717) is 31.8 Å². The molecule has 2 amide bonds. The molecule has 0 spiro atoms. The van der Waals surface area contributed by atoms with Crippen LogP contribution in [0.5, 0.6) is 0 Å². The van der Waals surface area contributed by atoms with E-state index in [9.17, 15) is 9.59 Å². The van der Waals surface area contributed by atoms with Gasteiger partial charge in [-0.25, -0.2) is 0 Å². The van der Waals surface area contributed by atoms with Crippen molar-refractivity contribution in [1.82, 2.24) is 9.80 Å². The number of rotatable bonds is 10. The van der Waals surface area contributed by atoms with Gasteiger partial charge < -0.3 is 14.5 Å². The number of carbonyl (C=O) groups is 2. The van der Waals surface area contributed by atoms with Crippen LogP contribution in [-0.2, 0) is 28.0 Å². The molecule has 0 aliphatic rings. The Balaban J connectivity index is 1.80. The standard InChI is InChI=1S/C29H36N2O3S/c1-22-11-16-26(35-22)20-31(19-23-9-7-6-8-10-23)27(32)21-30(17-18-34-5)28(33)24-12-14-25(15-13-24)29(2,3)4/h6-16H,17-21H2,1-5H3. The quantitative estimate of drug-likeness (QED) is 0.366. The van der Waals surface area contributed by atoms with Crippen molar-refractivity contribution in [1.29, 1.82) is 0 Å². The number of thiophene rings is 1. The molecule has 5 nitrogen and oxygen atoms in total. The van der Waals surface area contributed by atoms with Crippen molar-refractivity contribution < 1.29 is 14.3 Å². The highest BCUT2D eigenvalue weighted by Gasteiger charge is 2.24. The third-order valence-electron chi connectivity index (χ3n) is 5.89. The van der Waals surface area contributed by atoms with E-state index in [-0.39, 0.29) is 23.8 Å². The second-order valence-electron chi connectivity index (χ2n) is 9.79. The summed E-state index contributed by atoms with van der Waals surface area (Å²) in [6, 6.07) is 21.8. The predicted molar refractivity (Wildman–Crippen MR) is 143 cm³/mol. The molecule has 0 saturated heterocycles. The summed E-state index contributed by atoms with van der Waals surface area (Å²) in [6.07, 6.45) is 0. The zero-order valence-electron chi connectivity index (χ0n) is 21.4. The molecule has 0 atom stereocenters. The van der Waals surface area contributed by atoms with E-state index in [0.717, 1.165) is 16.0 Å². The third kappa shape index (κ3) is 7.77. The minimum Gasteiger partial charge on any atom is -0.383 e. The molecule has 1 aromatic heterocycles. The zero-order valence-corrected chi connectivity index (χ0v) is 22.2. The molecule has 3 aromatic rings. The first-order chi connectivity index (χ1) is 16.7. The summed E-state index contributed by atoms with van der Waals surface area (Å²) < 4.78 is 5.24. The first-order valence-corrected chi connectivity index (χ1v) is 12.7. The predicted octanol–water partition coefficient (Wildman–Crippen LogP) is 5.67. The average molecular weight is 493 g/mol. The Morgan fingerprint density at radius 2 is 1.57 bits per heavy atom. The third-order valence-corrected chi connectivity index (χ3v) is 6.87. The molecule has 0 N–H and O–H groups in total. The van der Waals surface area contributed by atoms with E-state index in [4.69, 9.17) is 4.74 Å². The summed E-state index contributed by atoms with van der Waals surface area (Å²) in [4.78, 5) is 32.7. The van der Waals surface area contributed by atoms with Gasteiger partial charge in [0.1, 0.15) is 6.54 Å². The van der Waals surface area contributed by atoms with Crippen molar-refractivity contribution in [3.63, 3.8) is 0 Å².